The van der Waals surface area contributed by atoms with Crippen molar-refractivity contribution in [1.29, 1.82) is 0 Å². The van der Waals surface area contributed by atoms with Gasteiger partial charge in [-0.05, 0) is 36.8 Å². The minimum Gasteiger partial charge on any atom is -0.455 e. The van der Waals surface area contributed by atoms with E-state index in [4.69, 9.17) is 9.40 Å². The molecule has 5 heteroatoms. The molecule has 162 valence electrons. The molecule has 0 N–H and O–H groups in total. The summed E-state index contributed by atoms with van der Waals surface area (Å²) in [4.78, 5) is 9.56. The number of para-hydroxylation sites is 2. The fourth-order valence-electron chi connectivity index (χ4n) is 4.58. The molecular weight excluding hydrogens is 422 g/mol. The summed E-state index contributed by atoms with van der Waals surface area (Å²) < 4.78 is 8.73. The Kier molecular flexibility index (Phi) is 4.32. The molecule has 3 aromatic carbocycles. The molecule has 0 bridgehead atoms. The number of nitrogens with zero attached hydrogens (tertiary/aromatic N) is 3. The van der Waals surface area contributed by atoms with Crippen molar-refractivity contribution in [2.75, 3.05) is 0 Å². The van der Waals surface area contributed by atoms with E-state index in [1.807, 2.05) is 30.6 Å². The Morgan fingerprint density at radius 1 is 0.848 bits per heavy atom. The first-order valence-electron chi connectivity index (χ1n) is 11.3. The quantitative estimate of drug-likeness (QED) is 0.279. The van der Waals surface area contributed by atoms with Gasteiger partial charge in [-0.3, -0.25) is 9.55 Å². The molecular formula is C28H25N3OSi. The Balaban J connectivity index is 1.69. The molecule has 6 rings (SSSR count). The second-order valence-electron chi connectivity index (χ2n) is 9.68. The molecule has 3 heterocycles. The molecule has 0 saturated heterocycles. The van der Waals surface area contributed by atoms with Crippen LogP contribution in [0.3, 0.4) is 0 Å². The lowest BCUT2D eigenvalue weighted by Gasteiger charge is -2.15. The molecule has 4 nitrogen and oxygen atoms in total. The van der Waals surface area contributed by atoms with Crippen LogP contribution in [0.4, 0.5) is 0 Å². The van der Waals surface area contributed by atoms with Gasteiger partial charge in [-0.2, -0.15) is 0 Å². The van der Waals surface area contributed by atoms with Gasteiger partial charge in [-0.25, -0.2) is 4.98 Å². The van der Waals surface area contributed by atoms with E-state index in [9.17, 15) is 0 Å². The van der Waals surface area contributed by atoms with Gasteiger partial charge in [0.1, 0.15) is 17.0 Å². The second-order valence-corrected chi connectivity index (χ2v) is 14.8. The normalized spacial score (nSPS) is 12.2. The highest BCUT2D eigenvalue weighted by Gasteiger charge is 2.22. The number of benzene rings is 3. The van der Waals surface area contributed by atoms with Crippen molar-refractivity contribution in [2.45, 2.75) is 26.6 Å². The smallest absolute Gasteiger partial charge is 0.149 e. The second kappa shape index (κ2) is 7.15. The summed E-state index contributed by atoms with van der Waals surface area (Å²) in [5.74, 6) is 0.863. The Bertz CT molecular complexity index is 1660. The highest BCUT2D eigenvalue weighted by atomic mass is 28.3. The lowest BCUT2D eigenvalue weighted by atomic mass is 10.1. The number of fused-ring (bicyclic) bond motifs is 4. The number of pyridine rings is 1. The molecule has 0 atom stereocenters. The van der Waals surface area contributed by atoms with E-state index in [2.05, 4.69) is 84.6 Å². The van der Waals surface area contributed by atoms with Gasteiger partial charge in [0.05, 0.1) is 30.9 Å². The minimum absolute atomic E-state index is 0.863. The van der Waals surface area contributed by atoms with Gasteiger partial charge in [0.25, 0.3) is 0 Å². The van der Waals surface area contributed by atoms with Gasteiger partial charge in [0, 0.05) is 22.7 Å². The maximum absolute atomic E-state index is 6.54. The zero-order valence-electron chi connectivity index (χ0n) is 19.3. The molecule has 0 fully saturated rings. The molecule has 0 radical (unpaired) electrons. The molecule has 0 aliphatic carbocycles. The van der Waals surface area contributed by atoms with Crippen LogP contribution in [0, 0.1) is 6.92 Å². The van der Waals surface area contributed by atoms with Gasteiger partial charge < -0.3 is 4.42 Å². The molecule has 0 aliphatic rings. The van der Waals surface area contributed by atoms with Crippen molar-refractivity contribution in [3.05, 3.63) is 84.7 Å². The molecule has 3 aromatic heterocycles. The van der Waals surface area contributed by atoms with Gasteiger partial charge in [0.2, 0.25) is 0 Å². The van der Waals surface area contributed by atoms with Crippen molar-refractivity contribution >= 4 is 46.2 Å². The molecule has 6 aromatic rings. The lowest BCUT2D eigenvalue weighted by molar-refractivity contribution is 0.669. The third-order valence-electron chi connectivity index (χ3n) is 6.37. The fraction of sp³-hybridized carbons (Fsp3) is 0.143. The predicted molar refractivity (Wildman–Crippen MR) is 139 cm³/mol. The van der Waals surface area contributed by atoms with Crippen LogP contribution >= 0.6 is 0 Å². The predicted octanol–water partition coefficient (Wildman–Crippen LogP) is 6.84. The first kappa shape index (κ1) is 19.9. The zero-order chi connectivity index (χ0) is 22.7. The van der Waals surface area contributed by atoms with E-state index in [0.717, 1.165) is 55.6 Å². The Morgan fingerprint density at radius 3 is 2.45 bits per heavy atom. The average Bonchev–Trinajstić information content (AvgIpc) is 3.38. The van der Waals surface area contributed by atoms with Crippen LogP contribution in [0.15, 0.2) is 83.5 Å². The van der Waals surface area contributed by atoms with Crippen LogP contribution in [0.5, 0.6) is 0 Å². The Morgan fingerprint density at radius 2 is 1.67 bits per heavy atom. The standard InChI is InChI=1S/C28H25N3OSi/c1-18-16-29-17-24-26(18)30-28(31(24)19-9-6-5-7-10-19)23-12-8-11-22-21-14-13-20(33(2,3)4)15-25(21)32-27(22)23/h5-17H,1-4H3. The number of furan rings is 1. The fourth-order valence-corrected chi connectivity index (χ4v) is 5.73. The molecule has 33 heavy (non-hydrogen) atoms. The molecule has 0 amide bonds. The van der Waals surface area contributed by atoms with Crippen LogP contribution < -0.4 is 5.19 Å². The summed E-state index contributed by atoms with van der Waals surface area (Å²) in [6, 6.07) is 23.4. The van der Waals surface area contributed by atoms with E-state index in [1.165, 1.54) is 5.19 Å². The maximum Gasteiger partial charge on any atom is 0.149 e. The summed E-state index contributed by atoms with van der Waals surface area (Å²) in [5.41, 5.74) is 6.86. The van der Waals surface area contributed by atoms with Gasteiger partial charge in [0.15, 0.2) is 0 Å². The summed E-state index contributed by atoms with van der Waals surface area (Å²) in [6.45, 7) is 9.14. The Hall–Kier alpha value is -3.70. The lowest BCUT2D eigenvalue weighted by Crippen LogP contribution is -2.37. The van der Waals surface area contributed by atoms with Gasteiger partial charge >= 0.3 is 0 Å². The van der Waals surface area contributed by atoms with Crippen molar-refractivity contribution in [3.63, 3.8) is 0 Å². The summed E-state index contributed by atoms with van der Waals surface area (Å²) in [5, 5.41) is 3.66. The van der Waals surface area contributed by atoms with Crippen LogP contribution in [0.25, 0.3) is 50.0 Å². The highest BCUT2D eigenvalue weighted by Crippen LogP contribution is 2.37. The third kappa shape index (κ3) is 3.11. The first-order chi connectivity index (χ1) is 15.9. The van der Waals surface area contributed by atoms with E-state index in [0.29, 0.717) is 0 Å². The topological polar surface area (TPSA) is 43.9 Å². The zero-order valence-corrected chi connectivity index (χ0v) is 20.3. The highest BCUT2D eigenvalue weighted by molar-refractivity contribution is 6.88. The first-order valence-corrected chi connectivity index (χ1v) is 14.8. The van der Waals surface area contributed by atoms with Crippen molar-refractivity contribution in [1.82, 2.24) is 14.5 Å². The van der Waals surface area contributed by atoms with Crippen molar-refractivity contribution < 1.29 is 4.42 Å². The van der Waals surface area contributed by atoms with Gasteiger partial charge in [-0.1, -0.05) is 67.3 Å². The number of hydrogen-bond donors (Lipinski definition) is 0. The van der Waals surface area contributed by atoms with E-state index >= 15 is 0 Å². The summed E-state index contributed by atoms with van der Waals surface area (Å²) in [6.07, 6.45) is 3.76. The average molecular weight is 448 g/mol. The van der Waals surface area contributed by atoms with Crippen LogP contribution in [0.1, 0.15) is 5.56 Å². The number of rotatable bonds is 3. The minimum atomic E-state index is -1.44. The Labute approximate surface area is 193 Å². The third-order valence-corrected chi connectivity index (χ3v) is 8.41. The molecule has 0 spiro atoms. The maximum atomic E-state index is 6.54. The summed E-state index contributed by atoms with van der Waals surface area (Å²) >= 11 is 0. The van der Waals surface area contributed by atoms with E-state index < -0.39 is 8.07 Å². The van der Waals surface area contributed by atoms with Crippen molar-refractivity contribution in [3.8, 4) is 17.1 Å². The number of hydrogen-bond acceptors (Lipinski definition) is 3. The van der Waals surface area contributed by atoms with Crippen LogP contribution in [-0.4, -0.2) is 22.6 Å². The van der Waals surface area contributed by atoms with Crippen LogP contribution in [0.2, 0.25) is 19.6 Å². The van der Waals surface area contributed by atoms with E-state index in [1.54, 1.807) is 0 Å². The number of aromatic nitrogens is 3. The largest absolute Gasteiger partial charge is 0.455 e. The van der Waals surface area contributed by atoms with Crippen molar-refractivity contribution in [2.24, 2.45) is 0 Å². The number of aryl methyl sites for hydroxylation is 1. The molecule has 0 unspecified atom stereocenters. The molecule has 0 saturated carbocycles. The van der Waals surface area contributed by atoms with Gasteiger partial charge in [-0.15, -0.1) is 0 Å². The van der Waals surface area contributed by atoms with E-state index in [-0.39, 0.29) is 0 Å². The summed E-state index contributed by atoms with van der Waals surface area (Å²) in [7, 11) is -1.44. The van der Waals surface area contributed by atoms with Crippen LogP contribution in [-0.2, 0) is 0 Å². The monoisotopic (exact) mass is 447 g/mol. The number of imidazole rings is 1. The SMILES string of the molecule is Cc1cncc2c1nc(-c1cccc3c1oc1cc([Si](C)(C)C)ccc13)n2-c1ccccc1. The molecule has 0 aliphatic heterocycles.